The molecule has 4 nitrogen and oxygen atoms in total. The van der Waals surface area contributed by atoms with Crippen molar-refractivity contribution in [1.82, 2.24) is 9.97 Å². The number of ether oxygens (including phenoxy) is 1. The molecule has 0 amide bonds. The van der Waals surface area contributed by atoms with Crippen LogP contribution in [0.2, 0.25) is 0 Å². The maximum atomic E-state index is 9.22. The van der Waals surface area contributed by atoms with Crippen LogP contribution in [0.1, 0.15) is 0 Å². The minimum atomic E-state index is 0.158. The summed E-state index contributed by atoms with van der Waals surface area (Å²) < 4.78 is 5.91. The fourth-order valence-electron chi connectivity index (χ4n) is 1.04. The summed E-state index contributed by atoms with van der Waals surface area (Å²) in [7, 11) is 0. The smallest absolute Gasteiger partial charge is 0.196 e. The fourth-order valence-corrected chi connectivity index (χ4v) is 1.24. The predicted molar refractivity (Wildman–Crippen MR) is 57.9 cm³/mol. The van der Waals surface area contributed by atoms with Crippen molar-refractivity contribution in [2.24, 2.45) is 0 Å². The highest BCUT2D eigenvalue weighted by Gasteiger charge is 1.99. The van der Waals surface area contributed by atoms with Gasteiger partial charge in [0, 0.05) is 6.07 Å². The van der Waals surface area contributed by atoms with E-state index in [9.17, 15) is 5.11 Å². The number of aromatic nitrogens is 2. The Kier molecular flexibility index (Phi) is 2.82. The summed E-state index contributed by atoms with van der Waals surface area (Å²) >= 11 is 3.12. The number of benzene rings is 1. The molecule has 0 fully saturated rings. The molecule has 0 bridgehead atoms. The molecule has 1 heterocycles. The van der Waals surface area contributed by atoms with E-state index in [2.05, 4.69) is 25.9 Å². The van der Waals surface area contributed by atoms with E-state index in [1.54, 1.807) is 30.6 Å². The monoisotopic (exact) mass is 266 g/mol. The number of aromatic hydroxyl groups is 1. The van der Waals surface area contributed by atoms with Crippen molar-refractivity contribution in [2.45, 2.75) is 0 Å². The molecule has 76 valence electrons. The van der Waals surface area contributed by atoms with Gasteiger partial charge in [-0.1, -0.05) is 6.07 Å². The van der Waals surface area contributed by atoms with Crippen molar-refractivity contribution < 1.29 is 9.84 Å². The van der Waals surface area contributed by atoms with E-state index in [0.717, 1.165) is 0 Å². The second-order valence-electron chi connectivity index (χ2n) is 2.79. The van der Waals surface area contributed by atoms with Gasteiger partial charge in [-0.15, -0.1) is 0 Å². The van der Waals surface area contributed by atoms with Crippen LogP contribution in [0.4, 0.5) is 0 Å². The molecule has 0 aliphatic carbocycles. The molecular weight excluding hydrogens is 260 g/mol. The maximum Gasteiger partial charge on any atom is 0.196 e. The van der Waals surface area contributed by atoms with Crippen LogP contribution in [-0.2, 0) is 0 Å². The first-order valence-corrected chi connectivity index (χ1v) is 4.98. The van der Waals surface area contributed by atoms with Gasteiger partial charge in [-0.05, 0) is 28.1 Å². The van der Waals surface area contributed by atoms with Gasteiger partial charge in [-0.2, -0.15) is 0 Å². The van der Waals surface area contributed by atoms with Crippen LogP contribution < -0.4 is 4.74 Å². The lowest BCUT2D eigenvalue weighted by Gasteiger charge is -2.04. The largest absolute Gasteiger partial charge is 0.508 e. The molecule has 0 radical (unpaired) electrons. The van der Waals surface area contributed by atoms with Crippen LogP contribution in [0.3, 0.4) is 0 Å². The molecule has 15 heavy (non-hydrogen) atoms. The Labute approximate surface area is 94.7 Å². The van der Waals surface area contributed by atoms with Gasteiger partial charge in [0.05, 0.1) is 12.4 Å². The molecule has 2 rings (SSSR count). The Balaban J connectivity index is 2.18. The van der Waals surface area contributed by atoms with E-state index in [1.807, 2.05) is 0 Å². The van der Waals surface area contributed by atoms with Crippen molar-refractivity contribution >= 4 is 15.9 Å². The highest BCUT2D eigenvalue weighted by Crippen LogP contribution is 2.23. The van der Waals surface area contributed by atoms with Gasteiger partial charge in [0.15, 0.2) is 10.5 Å². The molecule has 0 aliphatic rings. The van der Waals surface area contributed by atoms with Crippen LogP contribution in [0.15, 0.2) is 41.4 Å². The first-order chi connectivity index (χ1) is 7.24. The third kappa shape index (κ3) is 2.66. The summed E-state index contributed by atoms with van der Waals surface area (Å²) in [6.45, 7) is 0. The molecule has 0 atom stereocenters. The topological polar surface area (TPSA) is 55.2 Å². The highest BCUT2D eigenvalue weighted by molar-refractivity contribution is 9.10. The van der Waals surface area contributed by atoms with Gasteiger partial charge in [-0.3, -0.25) is 0 Å². The van der Waals surface area contributed by atoms with Gasteiger partial charge in [0.2, 0.25) is 0 Å². The van der Waals surface area contributed by atoms with Crippen LogP contribution in [0.5, 0.6) is 17.2 Å². The number of hydrogen-bond acceptors (Lipinski definition) is 4. The number of phenolic OH excluding ortho intramolecular Hbond substituents is 1. The Morgan fingerprint density at radius 2 is 1.87 bits per heavy atom. The quantitative estimate of drug-likeness (QED) is 0.850. The maximum absolute atomic E-state index is 9.22. The molecule has 0 saturated carbocycles. The summed E-state index contributed by atoms with van der Waals surface area (Å²) in [4.78, 5) is 7.83. The van der Waals surface area contributed by atoms with Crippen molar-refractivity contribution in [3.8, 4) is 17.2 Å². The lowest BCUT2D eigenvalue weighted by Crippen LogP contribution is -1.87. The first-order valence-electron chi connectivity index (χ1n) is 4.18. The summed E-state index contributed by atoms with van der Waals surface area (Å²) in [5.74, 6) is 1.22. The van der Waals surface area contributed by atoms with Crippen molar-refractivity contribution in [1.29, 1.82) is 0 Å². The molecule has 1 aromatic heterocycles. The predicted octanol–water partition coefficient (Wildman–Crippen LogP) is 2.74. The van der Waals surface area contributed by atoms with Crippen LogP contribution in [0.25, 0.3) is 0 Å². The standard InChI is InChI=1S/C10H7BrN2O2/c11-10-12-5-9(6-13-10)15-8-3-1-2-7(14)4-8/h1-6,14H. The van der Waals surface area contributed by atoms with Gasteiger partial charge in [0.25, 0.3) is 0 Å². The number of rotatable bonds is 2. The van der Waals surface area contributed by atoms with E-state index >= 15 is 0 Å². The minimum Gasteiger partial charge on any atom is -0.508 e. The minimum absolute atomic E-state index is 0.158. The van der Waals surface area contributed by atoms with Crippen LogP contribution >= 0.6 is 15.9 Å². The van der Waals surface area contributed by atoms with Gasteiger partial charge in [0.1, 0.15) is 11.5 Å². The Morgan fingerprint density at radius 3 is 2.53 bits per heavy atom. The Morgan fingerprint density at radius 1 is 1.13 bits per heavy atom. The summed E-state index contributed by atoms with van der Waals surface area (Å²) in [5.41, 5.74) is 0. The Bertz CT molecular complexity index is 459. The third-order valence-corrected chi connectivity index (χ3v) is 2.06. The molecule has 0 unspecified atom stereocenters. The zero-order valence-corrected chi connectivity index (χ0v) is 9.18. The summed E-state index contributed by atoms with van der Waals surface area (Å²) in [5, 5.41) is 9.22. The van der Waals surface area contributed by atoms with Crippen molar-refractivity contribution in [3.63, 3.8) is 0 Å². The van der Waals surface area contributed by atoms with E-state index in [4.69, 9.17) is 4.74 Å². The lowest BCUT2D eigenvalue weighted by atomic mass is 10.3. The average Bonchev–Trinajstić information content (AvgIpc) is 2.22. The second kappa shape index (κ2) is 4.27. The molecule has 0 spiro atoms. The highest BCUT2D eigenvalue weighted by atomic mass is 79.9. The zero-order chi connectivity index (χ0) is 10.7. The van der Waals surface area contributed by atoms with Crippen LogP contribution in [0, 0.1) is 0 Å². The summed E-state index contributed by atoms with van der Waals surface area (Å²) in [6.07, 6.45) is 3.09. The SMILES string of the molecule is Oc1cccc(Oc2cnc(Br)nc2)c1. The van der Waals surface area contributed by atoms with Crippen molar-refractivity contribution in [2.75, 3.05) is 0 Å². The van der Waals surface area contributed by atoms with Gasteiger partial charge in [-0.25, -0.2) is 9.97 Å². The molecule has 1 N–H and O–H groups in total. The lowest BCUT2D eigenvalue weighted by molar-refractivity contribution is 0.453. The van der Waals surface area contributed by atoms with E-state index in [-0.39, 0.29) is 5.75 Å². The van der Waals surface area contributed by atoms with E-state index in [0.29, 0.717) is 16.2 Å². The second-order valence-corrected chi connectivity index (χ2v) is 3.50. The van der Waals surface area contributed by atoms with Gasteiger partial charge < -0.3 is 9.84 Å². The molecule has 0 aliphatic heterocycles. The number of phenols is 1. The Hall–Kier alpha value is -1.62. The molecule has 1 aromatic carbocycles. The zero-order valence-electron chi connectivity index (χ0n) is 7.59. The van der Waals surface area contributed by atoms with Crippen LogP contribution in [-0.4, -0.2) is 15.1 Å². The average molecular weight is 267 g/mol. The molecule has 0 saturated heterocycles. The van der Waals surface area contributed by atoms with E-state index < -0.39 is 0 Å². The number of halogens is 1. The molecule has 2 aromatic rings. The number of nitrogens with zero attached hydrogens (tertiary/aromatic N) is 2. The molecular formula is C10H7BrN2O2. The van der Waals surface area contributed by atoms with Crippen molar-refractivity contribution in [3.05, 3.63) is 41.4 Å². The fraction of sp³-hybridized carbons (Fsp3) is 0. The normalized spacial score (nSPS) is 9.93. The van der Waals surface area contributed by atoms with Gasteiger partial charge >= 0.3 is 0 Å². The van der Waals surface area contributed by atoms with E-state index in [1.165, 1.54) is 6.07 Å². The number of hydrogen-bond donors (Lipinski definition) is 1. The molecule has 5 heteroatoms. The summed E-state index contributed by atoms with van der Waals surface area (Å²) in [6, 6.07) is 6.53. The third-order valence-electron chi connectivity index (χ3n) is 1.65. The first kappa shape index (κ1) is 9.92.